The number of aromatic nitrogens is 2. The zero-order valence-electron chi connectivity index (χ0n) is 15.4. The van der Waals surface area contributed by atoms with Gasteiger partial charge in [-0.25, -0.2) is 4.79 Å². The number of aryl methyl sites for hydroxylation is 2. The van der Waals surface area contributed by atoms with E-state index in [0.29, 0.717) is 13.2 Å². The van der Waals surface area contributed by atoms with Crippen molar-refractivity contribution in [2.24, 2.45) is 7.05 Å². The summed E-state index contributed by atoms with van der Waals surface area (Å²) in [5.74, 6) is 0.582. The molecule has 3 heterocycles. The molecule has 2 atom stereocenters. The standard InChI is InChI=1S/C18H25N3O4/c1-12-8-15(25-16(12)17(22)23-5)13(2)21-6-7-24-18(3,11-21)14-9-19-20(4)10-14/h8-10,13H,6-7,11H2,1-5H3. The van der Waals surface area contributed by atoms with Crippen LogP contribution in [0.2, 0.25) is 0 Å². The molecule has 2 aromatic rings. The average molecular weight is 347 g/mol. The van der Waals surface area contributed by atoms with Crippen LogP contribution in [-0.4, -0.2) is 47.5 Å². The fourth-order valence-electron chi connectivity index (χ4n) is 3.29. The second-order valence-corrected chi connectivity index (χ2v) is 6.78. The monoisotopic (exact) mass is 347 g/mol. The molecule has 0 aliphatic carbocycles. The molecule has 0 N–H and O–H groups in total. The van der Waals surface area contributed by atoms with E-state index in [-0.39, 0.29) is 11.8 Å². The molecule has 1 aliphatic heterocycles. The van der Waals surface area contributed by atoms with Gasteiger partial charge >= 0.3 is 5.97 Å². The number of ether oxygens (including phenoxy) is 2. The topological polar surface area (TPSA) is 69.7 Å². The number of esters is 1. The van der Waals surface area contributed by atoms with Crippen molar-refractivity contribution < 1.29 is 18.7 Å². The molecular weight excluding hydrogens is 322 g/mol. The number of hydrogen-bond acceptors (Lipinski definition) is 6. The van der Waals surface area contributed by atoms with Gasteiger partial charge in [-0.3, -0.25) is 9.58 Å². The van der Waals surface area contributed by atoms with Crippen LogP contribution in [0.3, 0.4) is 0 Å². The molecule has 1 saturated heterocycles. The van der Waals surface area contributed by atoms with Gasteiger partial charge < -0.3 is 13.9 Å². The van der Waals surface area contributed by atoms with Gasteiger partial charge in [0.05, 0.1) is 26.0 Å². The predicted molar refractivity (Wildman–Crippen MR) is 91.3 cm³/mol. The van der Waals surface area contributed by atoms with E-state index in [1.54, 1.807) is 4.68 Å². The third-order valence-electron chi connectivity index (χ3n) is 4.89. The lowest BCUT2D eigenvalue weighted by molar-refractivity contribution is -0.114. The number of morpholine rings is 1. The summed E-state index contributed by atoms with van der Waals surface area (Å²) in [7, 11) is 3.25. The smallest absolute Gasteiger partial charge is 0.374 e. The Morgan fingerprint density at radius 1 is 1.48 bits per heavy atom. The number of hydrogen-bond donors (Lipinski definition) is 0. The van der Waals surface area contributed by atoms with Crippen LogP contribution < -0.4 is 0 Å². The fraction of sp³-hybridized carbons (Fsp3) is 0.556. The Morgan fingerprint density at radius 2 is 2.24 bits per heavy atom. The Bertz CT molecular complexity index is 766. The highest BCUT2D eigenvalue weighted by Crippen LogP contribution is 2.34. The second kappa shape index (κ2) is 6.65. The summed E-state index contributed by atoms with van der Waals surface area (Å²) in [5.41, 5.74) is 1.42. The third-order valence-corrected chi connectivity index (χ3v) is 4.89. The van der Waals surface area contributed by atoms with Crippen LogP contribution in [0, 0.1) is 6.92 Å². The molecule has 0 saturated carbocycles. The first-order chi connectivity index (χ1) is 11.8. The second-order valence-electron chi connectivity index (χ2n) is 6.78. The molecule has 0 bridgehead atoms. The Balaban J connectivity index is 1.80. The van der Waals surface area contributed by atoms with E-state index in [2.05, 4.69) is 23.8 Å². The van der Waals surface area contributed by atoms with Gasteiger partial charge in [0.2, 0.25) is 5.76 Å². The first kappa shape index (κ1) is 17.7. The third kappa shape index (κ3) is 3.34. The summed E-state index contributed by atoms with van der Waals surface area (Å²) in [6, 6.07) is 1.94. The van der Waals surface area contributed by atoms with Gasteiger partial charge in [-0.15, -0.1) is 0 Å². The molecule has 7 nitrogen and oxygen atoms in total. The van der Waals surface area contributed by atoms with E-state index >= 15 is 0 Å². The molecular formula is C18H25N3O4. The largest absolute Gasteiger partial charge is 0.463 e. The van der Waals surface area contributed by atoms with Crippen molar-refractivity contribution >= 4 is 5.97 Å². The minimum atomic E-state index is -0.446. The first-order valence-corrected chi connectivity index (χ1v) is 8.40. The van der Waals surface area contributed by atoms with Crippen LogP contribution in [0.15, 0.2) is 22.9 Å². The summed E-state index contributed by atoms with van der Waals surface area (Å²) in [5, 5.41) is 4.26. The van der Waals surface area contributed by atoms with Crippen LogP contribution in [-0.2, 0) is 22.1 Å². The van der Waals surface area contributed by atoms with E-state index in [9.17, 15) is 4.79 Å². The Labute approximate surface area is 147 Å². The Kier molecular flexibility index (Phi) is 4.71. The van der Waals surface area contributed by atoms with Gasteiger partial charge in [0, 0.05) is 37.5 Å². The Morgan fingerprint density at radius 3 is 2.88 bits per heavy atom. The summed E-state index contributed by atoms with van der Waals surface area (Å²) in [6.07, 6.45) is 3.83. The molecule has 136 valence electrons. The molecule has 1 aliphatic rings. The average Bonchev–Trinajstić information content (AvgIpc) is 3.20. The lowest BCUT2D eigenvalue weighted by Crippen LogP contribution is -2.48. The molecule has 0 radical (unpaired) electrons. The summed E-state index contributed by atoms with van der Waals surface area (Å²) < 4.78 is 18.4. The minimum Gasteiger partial charge on any atom is -0.463 e. The normalized spacial score (nSPS) is 22.8. The fourth-order valence-corrected chi connectivity index (χ4v) is 3.29. The molecule has 0 spiro atoms. The van der Waals surface area contributed by atoms with E-state index in [1.807, 2.05) is 32.4 Å². The van der Waals surface area contributed by atoms with E-state index in [4.69, 9.17) is 13.9 Å². The SMILES string of the molecule is COC(=O)c1oc(C(C)N2CCOC(C)(c3cnn(C)c3)C2)cc1C. The lowest BCUT2D eigenvalue weighted by atomic mass is 9.96. The van der Waals surface area contributed by atoms with Gasteiger partial charge in [0.1, 0.15) is 11.4 Å². The van der Waals surface area contributed by atoms with Crippen molar-refractivity contribution in [3.8, 4) is 0 Å². The number of furan rings is 1. The van der Waals surface area contributed by atoms with Crippen molar-refractivity contribution in [1.29, 1.82) is 0 Å². The van der Waals surface area contributed by atoms with Crippen LogP contribution >= 0.6 is 0 Å². The highest BCUT2D eigenvalue weighted by molar-refractivity contribution is 5.87. The molecule has 2 aromatic heterocycles. The van der Waals surface area contributed by atoms with Crippen LogP contribution in [0.1, 0.15) is 47.3 Å². The molecule has 3 rings (SSSR count). The quantitative estimate of drug-likeness (QED) is 0.791. The van der Waals surface area contributed by atoms with Crippen molar-refractivity contribution in [3.63, 3.8) is 0 Å². The molecule has 1 fully saturated rings. The predicted octanol–water partition coefficient (Wildman–Crippen LogP) is 2.42. The number of rotatable bonds is 4. The molecule has 7 heteroatoms. The molecule has 2 unspecified atom stereocenters. The van der Waals surface area contributed by atoms with Gasteiger partial charge in [-0.2, -0.15) is 5.10 Å². The summed E-state index contributed by atoms with van der Waals surface area (Å²) >= 11 is 0. The molecule has 0 amide bonds. The van der Waals surface area contributed by atoms with Crippen LogP contribution in [0.5, 0.6) is 0 Å². The minimum absolute atomic E-state index is 0.0250. The number of carbonyl (C=O) groups excluding carboxylic acids is 1. The maximum Gasteiger partial charge on any atom is 0.374 e. The highest BCUT2D eigenvalue weighted by atomic mass is 16.5. The molecule has 25 heavy (non-hydrogen) atoms. The van der Waals surface area contributed by atoms with Crippen molar-refractivity contribution in [3.05, 3.63) is 41.1 Å². The van der Waals surface area contributed by atoms with E-state index < -0.39 is 11.6 Å². The maximum absolute atomic E-state index is 11.8. The molecule has 0 aromatic carbocycles. The van der Waals surface area contributed by atoms with Gasteiger partial charge in [-0.05, 0) is 26.8 Å². The summed E-state index contributed by atoms with van der Waals surface area (Å²) in [4.78, 5) is 14.1. The zero-order valence-corrected chi connectivity index (χ0v) is 15.4. The zero-order chi connectivity index (χ0) is 18.2. The lowest BCUT2D eigenvalue weighted by Gasteiger charge is -2.42. The van der Waals surface area contributed by atoms with Crippen molar-refractivity contribution in [1.82, 2.24) is 14.7 Å². The van der Waals surface area contributed by atoms with Gasteiger partial charge in [-0.1, -0.05) is 0 Å². The van der Waals surface area contributed by atoms with Crippen LogP contribution in [0.25, 0.3) is 0 Å². The first-order valence-electron chi connectivity index (χ1n) is 8.40. The van der Waals surface area contributed by atoms with Crippen LogP contribution in [0.4, 0.5) is 0 Å². The van der Waals surface area contributed by atoms with Gasteiger partial charge in [0.15, 0.2) is 0 Å². The van der Waals surface area contributed by atoms with E-state index in [1.165, 1.54) is 7.11 Å². The highest BCUT2D eigenvalue weighted by Gasteiger charge is 2.37. The number of carbonyl (C=O) groups is 1. The van der Waals surface area contributed by atoms with Crippen molar-refractivity contribution in [2.45, 2.75) is 32.4 Å². The number of nitrogens with zero attached hydrogens (tertiary/aromatic N) is 3. The maximum atomic E-state index is 11.8. The van der Waals surface area contributed by atoms with Gasteiger partial charge in [0.25, 0.3) is 0 Å². The number of methoxy groups -OCH3 is 1. The van der Waals surface area contributed by atoms with Crippen molar-refractivity contribution in [2.75, 3.05) is 26.8 Å². The summed E-state index contributed by atoms with van der Waals surface area (Å²) in [6.45, 7) is 8.15. The Hall–Kier alpha value is -2.12. The van der Waals surface area contributed by atoms with E-state index in [0.717, 1.165) is 23.4 Å².